The summed E-state index contributed by atoms with van der Waals surface area (Å²) in [4.78, 5) is 12.3. The van der Waals surface area contributed by atoms with E-state index in [0.717, 1.165) is 27.3 Å². The van der Waals surface area contributed by atoms with Gasteiger partial charge in [-0.25, -0.2) is 0 Å². The molecule has 0 spiro atoms. The first-order valence-corrected chi connectivity index (χ1v) is 8.59. The van der Waals surface area contributed by atoms with Crippen molar-refractivity contribution in [1.29, 1.82) is 0 Å². The highest BCUT2D eigenvalue weighted by molar-refractivity contribution is 7.18. The van der Waals surface area contributed by atoms with E-state index in [1.165, 1.54) is 16.9 Å². The Hall–Kier alpha value is -2.53. The summed E-state index contributed by atoms with van der Waals surface area (Å²) in [6, 6.07) is 14.2. The SMILES string of the molecule is Cc1ccc(-c2nnc(NC(=O)Cc3cc(C)ccc3C)s2)cc1. The molecule has 5 heteroatoms. The van der Waals surface area contributed by atoms with Gasteiger partial charge in [-0.2, -0.15) is 0 Å². The maximum Gasteiger partial charge on any atom is 0.230 e. The van der Waals surface area contributed by atoms with Crippen LogP contribution < -0.4 is 5.32 Å². The maximum absolute atomic E-state index is 12.3. The number of carbonyl (C=O) groups excluding carboxylic acids is 1. The second-order valence-corrected chi connectivity index (χ2v) is 6.91. The molecule has 0 atom stereocenters. The molecule has 0 unspecified atom stereocenters. The van der Waals surface area contributed by atoms with Crippen molar-refractivity contribution in [3.63, 3.8) is 0 Å². The summed E-state index contributed by atoms with van der Waals surface area (Å²) in [7, 11) is 0. The van der Waals surface area contributed by atoms with Crippen LogP contribution in [0.25, 0.3) is 10.6 Å². The molecule has 4 nitrogen and oxygen atoms in total. The summed E-state index contributed by atoms with van der Waals surface area (Å²) >= 11 is 1.38. The van der Waals surface area contributed by atoms with Crippen LogP contribution in [0.4, 0.5) is 5.13 Å². The van der Waals surface area contributed by atoms with E-state index in [1.54, 1.807) is 0 Å². The molecule has 1 N–H and O–H groups in total. The molecule has 0 aliphatic carbocycles. The second-order valence-electron chi connectivity index (χ2n) is 5.93. The summed E-state index contributed by atoms with van der Waals surface area (Å²) < 4.78 is 0. The predicted octanol–water partition coefficient (Wildman–Crippen LogP) is 4.31. The quantitative estimate of drug-likeness (QED) is 0.772. The van der Waals surface area contributed by atoms with Crippen LogP contribution in [0.1, 0.15) is 22.3 Å². The van der Waals surface area contributed by atoms with Crippen LogP contribution >= 0.6 is 11.3 Å². The van der Waals surface area contributed by atoms with E-state index in [1.807, 2.05) is 57.2 Å². The van der Waals surface area contributed by atoms with Crippen LogP contribution in [-0.2, 0) is 11.2 Å². The van der Waals surface area contributed by atoms with Gasteiger partial charge in [0.15, 0.2) is 0 Å². The van der Waals surface area contributed by atoms with E-state index >= 15 is 0 Å². The van der Waals surface area contributed by atoms with Crippen molar-refractivity contribution in [2.75, 3.05) is 5.32 Å². The van der Waals surface area contributed by atoms with Gasteiger partial charge in [0.25, 0.3) is 0 Å². The first kappa shape index (κ1) is 16.3. The van der Waals surface area contributed by atoms with Gasteiger partial charge in [-0.15, -0.1) is 10.2 Å². The third-order valence-corrected chi connectivity index (χ3v) is 4.71. The number of rotatable bonds is 4. The highest BCUT2D eigenvalue weighted by Crippen LogP contribution is 2.26. The monoisotopic (exact) mass is 337 g/mol. The van der Waals surface area contributed by atoms with Crippen LogP contribution in [0.2, 0.25) is 0 Å². The van der Waals surface area contributed by atoms with Crippen LogP contribution in [-0.4, -0.2) is 16.1 Å². The van der Waals surface area contributed by atoms with Gasteiger partial charge in [0.05, 0.1) is 6.42 Å². The Bertz CT molecular complexity index is 869. The first-order valence-electron chi connectivity index (χ1n) is 7.78. The van der Waals surface area contributed by atoms with Crippen molar-refractivity contribution < 1.29 is 4.79 Å². The predicted molar refractivity (Wildman–Crippen MR) is 98.3 cm³/mol. The van der Waals surface area contributed by atoms with Crippen molar-refractivity contribution in [2.45, 2.75) is 27.2 Å². The molecule has 0 radical (unpaired) electrons. The number of hydrogen-bond donors (Lipinski definition) is 1. The fraction of sp³-hybridized carbons (Fsp3) is 0.211. The zero-order valence-electron chi connectivity index (χ0n) is 14.0. The minimum absolute atomic E-state index is 0.0738. The number of aromatic nitrogens is 2. The fourth-order valence-corrected chi connectivity index (χ4v) is 3.18. The van der Waals surface area contributed by atoms with Crippen molar-refractivity contribution in [3.05, 3.63) is 64.7 Å². The standard InChI is InChI=1S/C19H19N3OS/c1-12-5-8-15(9-6-12)18-21-22-19(24-18)20-17(23)11-16-10-13(2)4-7-14(16)3/h4-10H,11H2,1-3H3,(H,20,22,23). The smallest absolute Gasteiger partial charge is 0.230 e. The number of hydrogen-bond acceptors (Lipinski definition) is 4. The lowest BCUT2D eigenvalue weighted by Crippen LogP contribution is -2.15. The molecule has 0 fully saturated rings. The summed E-state index contributed by atoms with van der Waals surface area (Å²) in [5, 5.41) is 12.4. The number of nitrogens with zero attached hydrogens (tertiary/aromatic N) is 2. The van der Waals surface area contributed by atoms with Gasteiger partial charge in [-0.3, -0.25) is 4.79 Å². The van der Waals surface area contributed by atoms with Crippen molar-refractivity contribution in [1.82, 2.24) is 10.2 Å². The average molecular weight is 337 g/mol. The number of anilines is 1. The Kier molecular flexibility index (Phi) is 4.71. The zero-order chi connectivity index (χ0) is 17.1. The topological polar surface area (TPSA) is 54.9 Å². The van der Waals surface area contributed by atoms with E-state index in [0.29, 0.717) is 11.6 Å². The van der Waals surface area contributed by atoms with Crippen LogP contribution in [0.5, 0.6) is 0 Å². The first-order chi connectivity index (χ1) is 11.5. The minimum atomic E-state index is -0.0738. The third kappa shape index (κ3) is 3.86. The molecule has 1 heterocycles. The molecular weight excluding hydrogens is 318 g/mol. The van der Waals surface area contributed by atoms with E-state index in [9.17, 15) is 4.79 Å². The van der Waals surface area contributed by atoms with Crippen LogP contribution in [0, 0.1) is 20.8 Å². The number of benzene rings is 2. The Labute approximate surface area is 145 Å². The molecule has 3 rings (SSSR count). The zero-order valence-corrected chi connectivity index (χ0v) is 14.8. The summed E-state index contributed by atoms with van der Waals surface area (Å²) in [5.41, 5.74) is 5.52. The third-order valence-electron chi connectivity index (χ3n) is 3.83. The molecule has 2 aromatic carbocycles. The van der Waals surface area contributed by atoms with E-state index in [-0.39, 0.29) is 5.91 Å². The lowest BCUT2D eigenvalue weighted by Gasteiger charge is -2.06. The summed E-state index contributed by atoms with van der Waals surface area (Å²) in [5.74, 6) is -0.0738. The molecule has 0 bridgehead atoms. The number of nitrogens with one attached hydrogen (secondary N) is 1. The maximum atomic E-state index is 12.3. The number of amides is 1. The Balaban J connectivity index is 1.69. The Morgan fingerprint density at radius 1 is 1.00 bits per heavy atom. The fourth-order valence-electron chi connectivity index (χ4n) is 2.41. The van der Waals surface area contributed by atoms with Crippen molar-refractivity contribution >= 4 is 22.4 Å². The normalized spacial score (nSPS) is 10.6. The number of carbonyl (C=O) groups is 1. The molecule has 1 aromatic heterocycles. The highest BCUT2D eigenvalue weighted by Gasteiger charge is 2.11. The van der Waals surface area contributed by atoms with Gasteiger partial charge in [0, 0.05) is 5.56 Å². The molecule has 3 aromatic rings. The molecule has 122 valence electrons. The van der Waals surface area contributed by atoms with Crippen LogP contribution in [0.3, 0.4) is 0 Å². The molecule has 24 heavy (non-hydrogen) atoms. The van der Waals surface area contributed by atoms with Gasteiger partial charge in [0.1, 0.15) is 5.01 Å². The average Bonchev–Trinajstić information content (AvgIpc) is 3.00. The molecule has 0 aliphatic rings. The van der Waals surface area contributed by atoms with E-state index in [4.69, 9.17) is 0 Å². The molecule has 0 saturated carbocycles. The van der Waals surface area contributed by atoms with Gasteiger partial charge in [-0.05, 0) is 31.9 Å². The second kappa shape index (κ2) is 6.93. The van der Waals surface area contributed by atoms with E-state index in [2.05, 4.69) is 21.6 Å². The van der Waals surface area contributed by atoms with Crippen molar-refractivity contribution in [2.24, 2.45) is 0 Å². The molecule has 0 aliphatic heterocycles. The van der Waals surface area contributed by atoms with Gasteiger partial charge >= 0.3 is 0 Å². The molecule has 1 amide bonds. The van der Waals surface area contributed by atoms with Crippen molar-refractivity contribution in [3.8, 4) is 10.6 Å². The number of aryl methyl sites for hydroxylation is 3. The summed E-state index contributed by atoms with van der Waals surface area (Å²) in [6.45, 7) is 6.09. The van der Waals surface area contributed by atoms with Gasteiger partial charge in [0.2, 0.25) is 11.0 Å². The Morgan fingerprint density at radius 3 is 2.46 bits per heavy atom. The lowest BCUT2D eigenvalue weighted by molar-refractivity contribution is -0.115. The molecular formula is C19H19N3OS. The Morgan fingerprint density at radius 2 is 1.71 bits per heavy atom. The summed E-state index contributed by atoms with van der Waals surface area (Å²) in [6.07, 6.45) is 0.340. The van der Waals surface area contributed by atoms with Gasteiger partial charge in [-0.1, -0.05) is 64.9 Å². The largest absolute Gasteiger partial charge is 0.300 e. The van der Waals surface area contributed by atoms with Gasteiger partial charge < -0.3 is 5.32 Å². The molecule has 0 saturated heterocycles. The van der Waals surface area contributed by atoms with E-state index < -0.39 is 0 Å². The highest BCUT2D eigenvalue weighted by atomic mass is 32.1. The minimum Gasteiger partial charge on any atom is -0.300 e. The van der Waals surface area contributed by atoms with Crippen LogP contribution in [0.15, 0.2) is 42.5 Å². The lowest BCUT2D eigenvalue weighted by atomic mass is 10.0.